The van der Waals surface area contributed by atoms with Gasteiger partial charge in [-0.2, -0.15) is 4.98 Å². The van der Waals surface area contributed by atoms with Crippen molar-refractivity contribution in [3.8, 4) is 0 Å². The van der Waals surface area contributed by atoms with Crippen molar-refractivity contribution in [2.45, 2.75) is 25.8 Å². The van der Waals surface area contributed by atoms with Gasteiger partial charge in [0, 0.05) is 12.2 Å². The molecule has 0 aliphatic heterocycles. The van der Waals surface area contributed by atoms with Gasteiger partial charge in [0.2, 0.25) is 5.95 Å². The smallest absolute Gasteiger partial charge is 0.224 e. The van der Waals surface area contributed by atoms with Gasteiger partial charge in [-0.15, -0.1) is 0 Å². The van der Waals surface area contributed by atoms with Crippen LogP contribution in [0.4, 0.5) is 11.8 Å². The molecule has 2 rings (SSSR count). The van der Waals surface area contributed by atoms with E-state index in [9.17, 15) is 0 Å². The van der Waals surface area contributed by atoms with E-state index in [2.05, 4.69) is 46.5 Å². The van der Waals surface area contributed by atoms with Crippen molar-refractivity contribution in [3.05, 3.63) is 48.2 Å². The van der Waals surface area contributed by atoms with Gasteiger partial charge >= 0.3 is 0 Å². The van der Waals surface area contributed by atoms with E-state index in [-0.39, 0.29) is 0 Å². The second kappa shape index (κ2) is 6.00. The Morgan fingerprint density at radius 2 is 2.00 bits per heavy atom. The summed E-state index contributed by atoms with van der Waals surface area (Å²) in [6.07, 6.45) is 3.73. The van der Waals surface area contributed by atoms with E-state index in [1.807, 2.05) is 6.07 Å². The van der Waals surface area contributed by atoms with Crippen molar-refractivity contribution < 1.29 is 0 Å². The van der Waals surface area contributed by atoms with Crippen molar-refractivity contribution in [3.63, 3.8) is 0 Å². The molecule has 1 aromatic carbocycles. The zero-order valence-corrected chi connectivity index (χ0v) is 10.5. The zero-order valence-electron chi connectivity index (χ0n) is 10.5. The Labute approximate surface area is 107 Å². The summed E-state index contributed by atoms with van der Waals surface area (Å²) in [6.45, 7) is 2.12. The first-order valence-electron chi connectivity index (χ1n) is 6.13. The summed E-state index contributed by atoms with van der Waals surface area (Å²) < 4.78 is 0. The molecule has 3 N–H and O–H groups in total. The maximum absolute atomic E-state index is 5.61. The van der Waals surface area contributed by atoms with Gasteiger partial charge in [-0.25, -0.2) is 4.98 Å². The summed E-state index contributed by atoms with van der Waals surface area (Å²) in [4.78, 5) is 8.26. The molecule has 0 saturated carbocycles. The SMILES string of the molecule is CC(CCc1ccccc1)Nc1nccc(N)n1. The fourth-order valence-electron chi connectivity index (χ4n) is 1.76. The molecule has 1 aromatic heterocycles. The summed E-state index contributed by atoms with van der Waals surface area (Å²) in [5, 5.41) is 3.25. The van der Waals surface area contributed by atoms with Gasteiger partial charge < -0.3 is 11.1 Å². The van der Waals surface area contributed by atoms with Gasteiger partial charge in [0.1, 0.15) is 5.82 Å². The average molecular weight is 242 g/mol. The number of nitrogen functional groups attached to an aromatic ring is 1. The summed E-state index contributed by atoms with van der Waals surface area (Å²) in [5.41, 5.74) is 6.96. The second-order valence-electron chi connectivity index (χ2n) is 4.37. The molecule has 4 nitrogen and oxygen atoms in total. The topological polar surface area (TPSA) is 63.8 Å². The molecule has 0 spiro atoms. The van der Waals surface area contributed by atoms with Crippen molar-refractivity contribution in [1.82, 2.24) is 9.97 Å². The predicted octanol–water partition coefficient (Wildman–Crippen LogP) is 2.49. The van der Waals surface area contributed by atoms with Crippen LogP contribution in [0, 0.1) is 0 Å². The highest BCUT2D eigenvalue weighted by Gasteiger charge is 2.04. The zero-order chi connectivity index (χ0) is 12.8. The molecule has 1 unspecified atom stereocenters. The lowest BCUT2D eigenvalue weighted by Gasteiger charge is -2.13. The predicted molar refractivity (Wildman–Crippen MR) is 74.3 cm³/mol. The molecular weight excluding hydrogens is 224 g/mol. The van der Waals surface area contributed by atoms with E-state index in [0.29, 0.717) is 17.8 Å². The van der Waals surface area contributed by atoms with E-state index < -0.39 is 0 Å². The maximum atomic E-state index is 5.61. The standard InChI is InChI=1S/C14H18N4/c1-11(7-8-12-5-3-2-4-6-12)17-14-16-10-9-13(15)18-14/h2-6,9-11H,7-8H2,1H3,(H3,15,16,17,18). The van der Waals surface area contributed by atoms with Crippen molar-refractivity contribution in [1.29, 1.82) is 0 Å². The number of aromatic nitrogens is 2. The van der Waals surface area contributed by atoms with Gasteiger partial charge in [-0.3, -0.25) is 0 Å². The van der Waals surface area contributed by atoms with Crippen LogP contribution in [0.5, 0.6) is 0 Å². The quantitative estimate of drug-likeness (QED) is 0.845. The van der Waals surface area contributed by atoms with Crippen LogP contribution in [0.3, 0.4) is 0 Å². The fraction of sp³-hybridized carbons (Fsp3) is 0.286. The molecule has 0 amide bonds. The minimum absolute atomic E-state index is 0.312. The highest BCUT2D eigenvalue weighted by molar-refractivity contribution is 5.35. The van der Waals surface area contributed by atoms with E-state index >= 15 is 0 Å². The molecule has 4 heteroatoms. The number of hydrogen-bond donors (Lipinski definition) is 2. The number of nitrogens with two attached hydrogens (primary N) is 1. The van der Waals surface area contributed by atoms with Crippen molar-refractivity contribution in [2.24, 2.45) is 0 Å². The number of aryl methyl sites for hydroxylation is 1. The van der Waals surface area contributed by atoms with Gasteiger partial charge in [-0.05, 0) is 31.4 Å². The third-order valence-electron chi connectivity index (χ3n) is 2.76. The molecule has 18 heavy (non-hydrogen) atoms. The lowest BCUT2D eigenvalue weighted by molar-refractivity contribution is 0.699. The van der Waals surface area contributed by atoms with Crippen LogP contribution in [-0.2, 0) is 6.42 Å². The summed E-state index contributed by atoms with van der Waals surface area (Å²) in [7, 11) is 0. The number of rotatable bonds is 5. The van der Waals surface area contributed by atoms with Crippen LogP contribution in [0.25, 0.3) is 0 Å². The van der Waals surface area contributed by atoms with E-state index in [0.717, 1.165) is 12.8 Å². The Balaban J connectivity index is 1.84. The normalized spacial score (nSPS) is 12.1. The highest BCUT2D eigenvalue weighted by Crippen LogP contribution is 2.09. The monoisotopic (exact) mass is 242 g/mol. The minimum Gasteiger partial charge on any atom is -0.384 e. The van der Waals surface area contributed by atoms with Crippen LogP contribution in [-0.4, -0.2) is 16.0 Å². The Kier molecular flexibility index (Phi) is 4.12. The van der Waals surface area contributed by atoms with Crippen LogP contribution in [0.15, 0.2) is 42.6 Å². The molecule has 0 saturated heterocycles. The number of anilines is 2. The Morgan fingerprint density at radius 1 is 1.22 bits per heavy atom. The van der Waals surface area contributed by atoms with E-state index in [4.69, 9.17) is 5.73 Å². The number of nitrogens with zero attached hydrogens (tertiary/aromatic N) is 2. The second-order valence-corrected chi connectivity index (χ2v) is 4.37. The lowest BCUT2D eigenvalue weighted by Crippen LogP contribution is -2.18. The Bertz CT molecular complexity index is 484. The van der Waals surface area contributed by atoms with Crippen LogP contribution < -0.4 is 11.1 Å². The molecule has 0 bridgehead atoms. The molecule has 1 atom stereocenters. The van der Waals surface area contributed by atoms with Gasteiger partial charge in [0.15, 0.2) is 0 Å². The molecule has 0 aliphatic rings. The average Bonchev–Trinajstić information content (AvgIpc) is 2.38. The summed E-state index contributed by atoms with van der Waals surface area (Å²) in [5.74, 6) is 1.08. The number of nitrogens with one attached hydrogen (secondary N) is 1. The number of benzene rings is 1. The number of hydrogen-bond acceptors (Lipinski definition) is 4. The first-order chi connectivity index (χ1) is 8.74. The molecule has 0 radical (unpaired) electrons. The summed E-state index contributed by atoms with van der Waals surface area (Å²) in [6, 6.07) is 12.4. The largest absolute Gasteiger partial charge is 0.384 e. The van der Waals surface area contributed by atoms with Crippen molar-refractivity contribution in [2.75, 3.05) is 11.1 Å². The third-order valence-corrected chi connectivity index (χ3v) is 2.76. The van der Waals surface area contributed by atoms with E-state index in [1.165, 1.54) is 5.56 Å². The van der Waals surface area contributed by atoms with Crippen LogP contribution >= 0.6 is 0 Å². The van der Waals surface area contributed by atoms with Crippen LogP contribution in [0.1, 0.15) is 18.9 Å². The van der Waals surface area contributed by atoms with Gasteiger partial charge in [-0.1, -0.05) is 30.3 Å². The van der Waals surface area contributed by atoms with E-state index in [1.54, 1.807) is 12.3 Å². The van der Waals surface area contributed by atoms with Crippen LogP contribution in [0.2, 0.25) is 0 Å². The Hall–Kier alpha value is -2.10. The molecule has 2 aromatic rings. The molecule has 0 aliphatic carbocycles. The van der Waals surface area contributed by atoms with Gasteiger partial charge in [0.05, 0.1) is 0 Å². The highest BCUT2D eigenvalue weighted by atomic mass is 15.1. The molecular formula is C14H18N4. The minimum atomic E-state index is 0.312. The lowest BCUT2D eigenvalue weighted by atomic mass is 10.1. The fourth-order valence-corrected chi connectivity index (χ4v) is 1.76. The molecule has 0 fully saturated rings. The third kappa shape index (κ3) is 3.73. The molecule has 1 heterocycles. The summed E-state index contributed by atoms with van der Waals surface area (Å²) >= 11 is 0. The molecule has 94 valence electrons. The van der Waals surface area contributed by atoms with Gasteiger partial charge in [0.25, 0.3) is 0 Å². The van der Waals surface area contributed by atoms with Crippen molar-refractivity contribution >= 4 is 11.8 Å². The first kappa shape index (κ1) is 12.4. The maximum Gasteiger partial charge on any atom is 0.224 e. The first-order valence-corrected chi connectivity index (χ1v) is 6.13. The Morgan fingerprint density at radius 3 is 2.72 bits per heavy atom.